The number of amides is 1. The number of carbonyl (C=O) groups is 3. The third-order valence-electron chi connectivity index (χ3n) is 5.77. The van der Waals surface area contributed by atoms with E-state index in [1.165, 1.54) is 49.8 Å². The Bertz CT molecular complexity index is 1050. The molecule has 7 heteroatoms. The van der Waals surface area contributed by atoms with Crippen molar-refractivity contribution in [1.29, 1.82) is 0 Å². The normalized spacial score (nSPS) is 13.8. The molecule has 0 atom stereocenters. The van der Waals surface area contributed by atoms with Crippen molar-refractivity contribution in [3.8, 4) is 0 Å². The number of hydrogen-bond donors (Lipinski definition) is 3. The van der Waals surface area contributed by atoms with Gasteiger partial charge in [0.1, 0.15) is 0 Å². The van der Waals surface area contributed by atoms with Crippen LogP contribution in [0.25, 0.3) is 10.9 Å². The fourth-order valence-corrected chi connectivity index (χ4v) is 4.02. The van der Waals surface area contributed by atoms with Crippen molar-refractivity contribution in [3.63, 3.8) is 0 Å². The lowest BCUT2D eigenvalue weighted by atomic mass is 9.89. The summed E-state index contributed by atoms with van der Waals surface area (Å²) in [5.74, 6) is -0.753. The smallest absolute Gasteiger partial charge is 0.335 e. The zero-order valence-electron chi connectivity index (χ0n) is 18.2. The van der Waals surface area contributed by atoms with Gasteiger partial charge in [-0.1, -0.05) is 37.5 Å². The fraction of sp³-hybridized carbons (Fsp3) is 0.320. The highest BCUT2D eigenvalue weighted by molar-refractivity contribution is 6.08. The molecule has 0 unspecified atom stereocenters. The van der Waals surface area contributed by atoms with Gasteiger partial charge in [0.2, 0.25) is 5.91 Å². The van der Waals surface area contributed by atoms with Gasteiger partial charge in [-0.15, -0.1) is 0 Å². The first kappa shape index (κ1) is 23.1. The Morgan fingerprint density at radius 2 is 1.69 bits per heavy atom. The number of anilines is 1. The predicted octanol–water partition coefficient (Wildman–Crippen LogP) is 4.78. The summed E-state index contributed by atoms with van der Waals surface area (Å²) in [5.41, 5.74) is 7.67. The molecule has 3 aromatic rings. The van der Waals surface area contributed by atoms with Gasteiger partial charge in [0.15, 0.2) is 0 Å². The Labute approximate surface area is 187 Å². The Morgan fingerprint density at radius 3 is 2.28 bits per heavy atom. The molecule has 1 amide bonds. The Morgan fingerprint density at radius 1 is 1.03 bits per heavy atom. The number of primary amides is 1. The zero-order chi connectivity index (χ0) is 23.1. The molecule has 4 rings (SSSR count). The number of nitrogens with two attached hydrogens (primary N) is 1. The summed E-state index contributed by atoms with van der Waals surface area (Å²) in [6.07, 6.45) is 8.20. The number of carbonyl (C=O) groups excluding carboxylic acids is 2. The molecule has 1 aliphatic rings. The van der Waals surface area contributed by atoms with Gasteiger partial charge >= 0.3 is 5.97 Å². The van der Waals surface area contributed by atoms with Gasteiger partial charge in [0, 0.05) is 30.7 Å². The molecule has 32 heavy (non-hydrogen) atoms. The topological polar surface area (TPSA) is 114 Å². The molecule has 0 spiro atoms. The van der Waals surface area contributed by atoms with Crippen LogP contribution in [0.5, 0.6) is 0 Å². The van der Waals surface area contributed by atoms with Crippen LogP contribution in [0.15, 0.2) is 54.7 Å². The van der Waals surface area contributed by atoms with Gasteiger partial charge in [-0.25, -0.2) is 4.79 Å². The van der Waals surface area contributed by atoms with Gasteiger partial charge in [-0.3, -0.25) is 14.2 Å². The monoisotopic (exact) mass is 435 g/mol. The number of rotatable bonds is 5. The molecular formula is C25H29N3O4. The van der Waals surface area contributed by atoms with E-state index in [4.69, 9.17) is 10.8 Å². The van der Waals surface area contributed by atoms with Crippen LogP contribution in [0.2, 0.25) is 0 Å². The quantitative estimate of drug-likeness (QED) is 0.534. The summed E-state index contributed by atoms with van der Waals surface area (Å²) < 4.78 is 1.43. The summed E-state index contributed by atoms with van der Waals surface area (Å²) >= 11 is 0. The number of carboxylic acid groups (broad SMARTS) is 1. The van der Waals surface area contributed by atoms with Crippen LogP contribution in [-0.2, 0) is 0 Å². The number of para-hydroxylation sites is 1. The molecule has 1 aliphatic carbocycles. The van der Waals surface area contributed by atoms with Crippen molar-refractivity contribution >= 4 is 34.4 Å². The highest BCUT2D eigenvalue weighted by atomic mass is 16.4. The van der Waals surface area contributed by atoms with Crippen LogP contribution < -0.4 is 11.1 Å². The van der Waals surface area contributed by atoms with Gasteiger partial charge in [-0.2, -0.15) is 0 Å². The molecule has 1 heterocycles. The maximum atomic E-state index is 11.3. The molecule has 0 radical (unpaired) electrons. The van der Waals surface area contributed by atoms with E-state index >= 15 is 0 Å². The zero-order valence-corrected chi connectivity index (χ0v) is 18.2. The first-order chi connectivity index (χ1) is 15.4. The lowest BCUT2D eigenvalue weighted by Gasteiger charge is -2.22. The molecule has 1 saturated carbocycles. The largest absolute Gasteiger partial charge is 0.478 e. The van der Waals surface area contributed by atoms with E-state index in [1.807, 2.05) is 18.2 Å². The molecule has 4 N–H and O–H groups in total. The van der Waals surface area contributed by atoms with E-state index in [9.17, 15) is 14.4 Å². The minimum atomic E-state index is -0.871. The SMILES string of the molecule is CC(=O)n1cc(C(N)=O)c2ccccc21.O=C(O)c1ccc(NCC2CCCCC2)cc1. The van der Waals surface area contributed by atoms with Crippen LogP contribution in [-0.4, -0.2) is 34.0 Å². The second kappa shape index (κ2) is 10.6. The Hall–Kier alpha value is -3.61. The standard InChI is InChI=1S/C14H19NO2.C11H10N2O2/c16-14(17)12-6-8-13(9-7-12)15-10-11-4-2-1-3-5-11;1-7(14)13-6-9(11(12)15)8-4-2-3-5-10(8)13/h6-9,11,15H,1-5,10H2,(H,16,17);2-6H,1H3,(H2,12,15). The van der Waals surface area contributed by atoms with Crippen LogP contribution in [0, 0.1) is 5.92 Å². The number of aromatic carboxylic acids is 1. The average Bonchev–Trinajstić information content (AvgIpc) is 3.20. The summed E-state index contributed by atoms with van der Waals surface area (Å²) in [7, 11) is 0. The molecule has 2 aromatic carbocycles. The third kappa shape index (κ3) is 5.75. The minimum absolute atomic E-state index is 0.140. The molecule has 0 saturated heterocycles. The second-order valence-corrected chi connectivity index (χ2v) is 8.08. The molecular weight excluding hydrogens is 406 g/mol. The lowest BCUT2D eigenvalue weighted by Crippen LogP contribution is -2.17. The average molecular weight is 436 g/mol. The summed E-state index contributed by atoms with van der Waals surface area (Å²) in [6, 6.07) is 14.1. The first-order valence-corrected chi connectivity index (χ1v) is 10.8. The number of aromatic nitrogens is 1. The van der Waals surface area contributed by atoms with Crippen LogP contribution >= 0.6 is 0 Å². The summed E-state index contributed by atoms with van der Waals surface area (Å²) in [5, 5.41) is 12.9. The van der Waals surface area contributed by atoms with Crippen molar-refractivity contribution in [3.05, 3.63) is 65.9 Å². The van der Waals surface area contributed by atoms with E-state index in [0.29, 0.717) is 22.0 Å². The fourth-order valence-electron chi connectivity index (χ4n) is 4.02. The second-order valence-electron chi connectivity index (χ2n) is 8.08. The van der Waals surface area contributed by atoms with Gasteiger partial charge in [0.05, 0.1) is 16.6 Å². The maximum absolute atomic E-state index is 11.3. The molecule has 0 bridgehead atoms. The van der Waals surface area contributed by atoms with Crippen LogP contribution in [0.4, 0.5) is 5.69 Å². The number of carboxylic acids is 1. The van der Waals surface area contributed by atoms with Crippen molar-refractivity contribution in [2.45, 2.75) is 39.0 Å². The minimum Gasteiger partial charge on any atom is -0.478 e. The van der Waals surface area contributed by atoms with Crippen molar-refractivity contribution < 1.29 is 19.5 Å². The van der Waals surface area contributed by atoms with E-state index < -0.39 is 11.9 Å². The first-order valence-electron chi connectivity index (χ1n) is 10.8. The van der Waals surface area contributed by atoms with E-state index in [0.717, 1.165) is 18.2 Å². The van der Waals surface area contributed by atoms with E-state index in [1.54, 1.807) is 30.3 Å². The van der Waals surface area contributed by atoms with Crippen molar-refractivity contribution in [2.75, 3.05) is 11.9 Å². The maximum Gasteiger partial charge on any atom is 0.335 e. The van der Waals surface area contributed by atoms with Crippen LogP contribution in [0.3, 0.4) is 0 Å². The number of hydrogen-bond acceptors (Lipinski definition) is 4. The van der Waals surface area contributed by atoms with Gasteiger partial charge in [-0.05, 0) is 49.1 Å². The van der Waals surface area contributed by atoms with Gasteiger partial charge < -0.3 is 16.2 Å². The molecule has 7 nitrogen and oxygen atoms in total. The van der Waals surface area contributed by atoms with E-state index in [-0.39, 0.29) is 5.91 Å². The van der Waals surface area contributed by atoms with Crippen molar-refractivity contribution in [2.24, 2.45) is 11.7 Å². The van der Waals surface area contributed by atoms with Crippen LogP contribution in [0.1, 0.15) is 64.5 Å². The number of nitrogens with one attached hydrogen (secondary N) is 1. The molecule has 1 aromatic heterocycles. The number of nitrogens with zero attached hydrogens (tertiary/aromatic N) is 1. The van der Waals surface area contributed by atoms with E-state index in [2.05, 4.69) is 5.32 Å². The summed E-state index contributed by atoms with van der Waals surface area (Å²) in [6.45, 7) is 2.45. The highest BCUT2D eigenvalue weighted by Gasteiger charge is 2.14. The predicted molar refractivity (Wildman–Crippen MR) is 125 cm³/mol. The van der Waals surface area contributed by atoms with Gasteiger partial charge in [0.25, 0.3) is 5.91 Å². The molecule has 1 fully saturated rings. The Kier molecular flexibility index (Phi) is 7.65. The van der Waals surface area contributed by atoms with Crippen molar-refractivity contribution in [1.82, 2.24) is 4.57 Å². The third-order valence-corrected chi connectivity index (χ3v) is 5.77. The highest BCUT2D eigenvalue weighted by Crippen LogP contribution is 2.24. The summed E-state index contributed by atoms with van der Waals surface area (Å²) in [4.78, 5) is 33.2. The number of benzene rings is 2. The Balaban J connectivity index is 0.000000182. The molecule has 0 aliphatic heterocycles. The number of fused-ring (bicyclic) bond motifs is 1. The lowest BCUT2D eigenvalue weighted by molar-refractivity contribution is 0.0696. The molecule has 168 valence electrons.